The van der Waals surface area contributed by atoms with Crippen molar-refractivity contribution < 1.29 is 18.7 Å². The zero-order valence-electron chi connectivity index (χ0n) is 11.4. The van der Waals surface area contributed by atoms with Gasteiger partial charge in [0.2, 0.25) is 0 Å². The van der Waals surface area contributed by atoms with Crippen molar-refractivity contribution in [3.63, 3.8) is 0 Å². The summed E-state index contributed by atoms with van der Waals surface area (Å²) in [5, 5.41) is 4.41. The Morgan fingerprint density at radius 2 is 2.33 bits per heavy atom. The van der Waals surface area contributed by atoms with Crippen LogP contribution in [-0.2, 0) is 9.47 Å². The van der Waals surface area contributed by atoms with Crippen molar-refractivity contribution in [2.24, 2.45) is 0 Å². The highest BCUT2D eigenvalue weighted by molar-refractivity contribution is 9.10. The standard InChI is InChI=1S/C14H14BrFN2O3/c1-20-14(19)13-12-9(16)6-8(15)7-10(12)18(17-13)11-4-2-3-5-21-11/h6-7,11H,2-5H2,1H3. The van der Waals surface area contributed by atoms with Crippen molar-refractivity contribution >= 4 is 32.8 Å². The minimum Gasteiger partial charge on any atom is -0.464 e. The summed E-state index contributed by atoms with van der Waals surface area (Å²) >= 11 is 3.27. The molecule has 0 spiro atoms. The lowest BCUT2D eigenvalue weighted by atomic mass is 10.1. The second-order valence-electron chi connectivity index (χ2n) is 4.89. The molecular formula is C14H14BrFN2O3. The smallest absolute Gasteiger partial charge is 0.359 e. The number of benzene rings is 1. The third-order valence-electron chi connectivity index (χ3n) is 3.53. The number of methoxy groups -OCH3 is 1. The lowest BCUT2D eigenvalue weighted by Crippen LogP contribution is -2.19. The first kappa shape index (κ1) is 14.5. The molecule has 2 heterocycles. The van der Waals surface area contributed by atoms with Crippen LogP contribution in [0.25, 0.3) is 10.9 Å². The van der Waals surface area contributed by atoms with E-state index in [9.17, 15) is 9.18 Å². The summed E-state index contributed by atoms with van der Waals surface area (Å²) in [6.45, 7) is 0.635. The molecule has 3 rings (SSSR count). The Morgan fingerprint density at radius 3 is 3.00 bits per heavy atom. The Bertz CT molecular complexity index is 695. The number of rotatable bonds is 2. The highest BCUT2D eigenvalue weighted by atomic mass is 79.9. The number of esters is 1. The van der Waals surface area contributed by atoms with Crippen molar-refractivity contribution in [3.8, 4) is 0 Å². The van der Waals surface area contributed by atoms with E-state index in [-0.39, 0.29) is 17.3 Å². The van der Waals surface area contributed by atoms with E-state index in [0.29, 0.717) is 16.6 Å². The predicted molar refractivity (Wildman–Crippen MR) is 77.6 cm³/mol. The first-order valence-electron chi connectivity index (χ1n) is 6.69. The van der Waals surface area contributed by atoms with Crippen LogP contribution in [0.4, 0.5) is 4.39 Å². The molecule has 1 aliphatic rings. The fourth-order valence-electron chi connectivity index (χ4n) is 2.56. The minimum atomic E-state index is -0.657. The molecule has 5 nitrogen and oxygen atoms in total. The second kappa shape index (κ2) is 5.73. The number of ether oxygens (including phenoxy) is 2. The van der Waals surface area contributed by atoms with Crippen LogP contribution in [0.5, 0.6) is 0 Å². The zero-order chi connectivity index (χ0) is 15.0. The maximum absolute atomic E-state index is 14.3. The summed E-state index contributed by atoms with van der Waals surface area (Å²) in [4.78, 5) is 11.8. The topological polar surface area (TPSA) is 53.3 Å². The Hall–Kier alpha value is -1.47. The quantitative estimate of drug-likeness (QED) is 0.773. The van der Waals surface area contributed by atoms with Crippen LogP contribution in [0.3, 0.4) is 0 Å². The molecule has 1 saturated heterocycles. The molecule has 1 fully saturated rings. The van der Waals surface area contributed by atoms with Gasteiger partial charge >= 0.3 is 5.97 Å². The summed E-state index contributed by atoms with van der Waals surface area (Å²) in [6.07, 6.45) is 2.51. The molecule has 0 bridgehead atoms. The maximum Gasteiger partial charge on any atom is 0.359 e. The van der Waals surface area contributed by atoms with Gasteiger partial charge in [0.1, 0.15) is 5.82 Å². The normalized spacial score (nSPS) is 18.9. The predicted octanol–water partition coefficient (Wildman–Crippen LogP) is 3.42. The average molecular weight is 357 g/mol. The zero-order valence-corrected chi connectivity index (χ0v) is 13.0. The largest absolute Gasteiger partial charge is 0.464 e. The van der Waals surface area contributed by atoms with Gasteiger partial charge < -0.3 is 9.47 Å². The van der Waals surface area contributed by atoms with Crippen molar-refractivity contribution in [3.05, 3.63) is 28.1 Å². The molecule has 1 aliphatic heterocycles. The molecule has 1 atom stereocenters. The van der Waals surface area contributed by atoms with Crippen molar-refractivity contribution in [2.45, 2.75) is 25.5 Å². The van der Waals surface area contributed by atoms with Gasteiger partial charge in [0.05, 0.1) is 18.0 Å². The number of halogens is 2. The Labute approximate surface area is 129 Å². The van der Waals surface area contributed by atoms with Crippen molar-refractivity contribution in [1.29, 1.82) is 0 Å². The fraction of sp³-hybridized carbons (Fsp3) is 0.429. The number of carbonyl (C=O) groups excluding carboxylic acids is 1. The van der Waals surface area contributed by atoms with E-state index < -0.39 is 11.8 Å². The Balaban J connectivity index is 2.21. The monoisotopic (exact) mass is 356 g/mol. The van der Waals surface area contributed by atoms with Crippen LogP contribution in [0.2, 0.25) is 0 Å². The van der Waals surface area contributed by atoms with Crippen molar-refractivity contribution in [2.75, 3.05) is 13.7 Å². The fourth-order valence-corrected chi connectivity index (χ4v) is 2.98. The van der Waals surface area contributed by atoms with Gasteiger partial charge in [0, 0.05) is 11.1 Å². The number of fused-ring (bicyclic) bond motifs is 1. The van der Waals surface area contributed by atoms with Gasteiger partial charge in [-0.1, -0.05) is 15.9 Å². The third kappa shape index (κ3) is 2.55. The van der Waals surface area contributed by atoms with Gasteiger partial charge in [-0.25, -0.2) is 13.9 Å². The van der Waals surface area contributed by atoms with E-state index in [1.54, 1.807) is 10.7 Å². The van der Waals surface area contributed by atoms with Crippen LogP contribution in [0, 0.1) is 5.82 Å². The van der Waals surface area contributed by atoms with Gasteiger partial charge in [-0.2, -0.15) is 5.10 Å². The number of aromatic nitrogens is 2. The molecule has 1 aromatic heterocycles. The van der Waals surface area contributed by atoms with E-state index in [1.807, 2.05) is 0 Å². The van der Waals surface area contributed by atoms with E-state index in [0.717, 1.165) is 19.3 Å². The van der Waals surface area contributed by atoms with Crippen LogP contribution >= 0.6 is 15.9 Å². The Morgan fingerprint density at radius 1 is 1.52 bits per heavy atom. The molecule has 0 radical (unpaired) electrons. The summed E-state index contributed by atoms with van der Waals surface area (Å²) in [7, 11) is 1.25. The SMILES string of the molecule is COC(=O)c1nn(C2CCCCO2)c2cc(Br)cc(F)c12. The molecule has 1 unspecified atom stereocenters. The highest BCUT2D eigenvalue weighted by Crippen LogP contribution is 2.31. The molecule has 0 saturated carbocycles. The summed E-state index contributed by atoms with van der Waals surface area (Å²) in [5.74, 6) is -1.17. The third-order valence-corrected chi connectivity index (χ3v) is 3.99. The molecule has 0 amide bonds. The average Bonchev–Trinajstić information content (AvgIpc) is 2.87. The molecule has 21 heavy (non-hydrogen) atoms. The van der Waals surface area contributed by atoms with E-state index >= 15 is 0 Å². The highest BCUT2D eigenvalue weighted by Gasteiger charge is 2.26. The first-order chi connectivity index (χ1) is 10.1. The van der Waals surface area contributed by atoms with Gasteiger partial charge in [0.25, 0.3) is 0 Å². The molecule has 1 aromatic carbocycles. The van der Waals surface area contributed by atoms with Gasteiger partial charge in [-0.3, -0.25) is 0 Å². The van der Waals surface area contributed by atoms with E-state index in [1.165, 1.54) is 13.2 Å². The molecule has 0 N–H and O–H groups in total. The van der Waals surface area contributed by atoms with Gasteiger partial charge in [0.15, 0.2) is 11.9 Å². The summed E-state index contributed by atoms with van der Waals surface area (Å²) in [6, 6.07) is 3.04. The number of carbonyl (C=O) groups is 1. The lowest BCUT2D eigenvalue weighted by molar-refractivity contribution is -0.0369. The molecule has 2 aromatic rings. The van der Waals surface area contributed by atoms with Crippen LogP contribution in [0.1, 0.15) is 36.0 Å². The molecule has 7 heteroatoms. The van der Waals surface area contributed by atoms with Gasteiger partial charge in [-0.05, 0) is 31.4 Å². The lowest BCUT2D eigenvalue weighted by Gasteiger charge is -2.23. The van der Waals surface area contributed by atoms with Crippen molar-refractivity contribution in [1.82, 2.24) is 9.78 Å². The van der Waals surface area contributed by atoms with Crippen LogP contribution in [0.15, 0.2) is 16.6 Å². The number of nitrogens with zero attached hydrogens (tertiary/aromatic N) is 2. The summed E-state index contributed by atoms with van der Waals surface area (Å²) in [5.41, 5.74) is 0.501. The van der Waals surface area contributed by atoms with Crippen LogP contribution < -0.4 is 0 Å². The maximum atomic E-state index is 14.3. The molecule has 0 aliphatic carbocycles. The number of hydrogen-bond acceptors (Lipinski definition) is 4. The Kier molecular flexibility index (Phi) is 3.95. The second-order valence-corrected chi connectivity index (χ2v) is 5.80. The first-order valence-corrected chi connectivity index (χ1v) is 7.48. The molecule has 112 valence electrons. The van der Waals surface area contributed by atoms with Gasteiger partial charge in [-0.15, -0.1) is 0 Å². The van der Waals surface area contributed by atoms with Crippen LogP contribution in [-0.4, -0.2) is 29.5 Å². The van der Waals surface area contributed by atoms with E-state index in [2.05, 4.69) is 21.0 Å². The van der Waals surface area contributed by atoms with E-state index in [4.69, 9.17) is 9.47 Å². The molecular weight excluding hydrogens is 343 g/mol. The number of hydrogen-bond donors (Lipinski definition) is 0. The summed E-state index contributed by atoms with van der Waals surface area (Å²) < 4.78 is 26.8. The minimum absolute atomic E-state index is 0.0216.